The molecule has 3 saturated heterocycles. The zero-order valence-electron chi connectivity index (χ0n) is 23.4. The van der Waals surface area contributed by atoms with Crippen molar-refractivity contribution in [1.82, 2.24) is 20.2 Å². The number of rotatable bonds is 7. The normalized spacial score (nSPS) is 18.5. The zero-order valence-corrected chi connectivity index (χ0v) is 24.9. The Kier molecular flexibility index (Phi) is 8.25. The Hall–Kier alpha value is -3.40. The van der Waals surface area contributed by atoms with Crippen molar-refractivity contribution in [3.05, 3.63) is 75.7 Å². The molecule has 1 aromatic carbocycles. The molecule has 0 unspecified atom stereocenters. The van der Waals surface area contributed by atoms with Gasteiger partial charge in [0.05, 0.1) is 15.8 Å². The number of hydrogen-bond acceptors (Lipinski definition) is 8. The van der Waals surface area contributed by atoms with E-state index in [9.17, 15) is 4.79 Å². The maximum Gasteiger partial charge on any atom is 0.225 e. The third-order valence-corrected chi connectivity index (χ3v) is 9.52. The molecule has 0 bridgehead atoms. The number of aromatic nitrogens is 2. The number of halogens is 2. The molecule has 3 fully saturated rings. The van der Waals surface area contributed by atoms with Gasteiger partial charge in [0.1, 0.15) is 18.2 Å². The Morgan fingerprint density at radius 3 is 2.45 bits per heavy atom. The van der Waals surface area contributed by atoms with Crippen LogP contribution in [0.3, 0.4) is 0 Å². The van der Waals surface area contributed by atoms with E-state index in [-0.39, 0.29) is 23.7 Å². The van der Waals surface area contributed by atoms with Crippen molar-refractivity contribution in [2.75, 3.05) is 49.9 Å². The van der Waals surface area contributed by atoms with Crippen LogP contribution in [0.15, 0.2) is 48.9 Å². The quantitative estimate of drug-likeness (QED) is 0.261. The maximum atomic E-state index is 12.9. The number of ether oxygens (including phenoxy) is 1. The van der Waals surface area contributed by atoms with Gasteiger partial charge in [0.2, 0.25) is 5.91 Å². The molecular weight excluding hydrogens is 573 g/mol. The van der Waals surface area contributed by atoms with E-state index in [0.29, 0.717) is 44.1 Å². The molecule has 1 spiro atoms. The number of nitrogens with two attached hydrogens (primary N) is 1. The number of benzene rings is 1. The van der Waals surface area contributed by atoms with Crippen molar-refractivity contribution in [3.8, 4) is 5.75 Å². The lowest BCUT2D eigenvalue weighted by molar-refractivity contribution is -0.139. The summed E-state index contributed by atoms with van der Waals surface area (Å²) in [4.78, 5) is 26.0. The standard InChI is InChI=1S/C31H35Cl2N7O2/c32-25-15-37-16-26(33)24(25)17-42-22-2-3-27(34)23(13-22)29(35)21-1-4-28(38-14-21)40-18-31(19-40)7-11-39(12-8-31)30(41)20-5-9-36-10-6-20/h1-4,13-16,20,35-36H,5-12,17-19,34H2. The predicted molar refractivity (Wildman–Crippen MR) is 166 cm³/mol. The minimum Gasteiger partial charge on any atom is -0.489 e. The fourth-order valence-corrected chi connectivity index (χ4v) is 6.69. The monoisotopic (exact) mass is 607 g/mol. The van der Waals surface area contributed by atoms with E-state index in [1.54, 1.807) is 24.4 Å². The van der Waals surface area contributed by atoms with Crippen LogP contribution in [0.25, 0.3) is 0 Å². The van der Waals surface area contributed by atoms with Gasteiger partial charge in [0, 0.05) is 78.5 Å². The van der Waals surface area contributed by atoms with Crippen molar-refractivity contribution < 1.29 is 9.53 Å². The minimum atomic E-state index is 0.164. The van der Waals surface area contributed by atoms with E-state index >= 15 is 0 Å². The van der Waals surface area contributed by atoms with Crippen LogP contribution < -0.4 is 20.7 Å². The van der Waals surface area contributed by atoms with E-state index in [2.05, 4.69) is 25.1 Å². The summed E-state index contributed by atoms with van der Waals surface area (Å²) in [6.45, 7) is 5.66. The van der Waals surface area contributed by atoms with Gasteiger partial charge in [-0.15, -0.1) is 0 Å². The molecule has 0 aliphatic carbocycles. The molecule has 11 heteroatoms. The van der Waals surface area contributed by atoms with Crippen molar-refractivity contribution in [2.45, 2.75) is 32.3 Å². The van der Waals surface area contributed by atoms with Gasteiger partial charge < -0.3 is 25.6 Å². The highest BCUT2D eigenvalue weighted by Gasteiger charge is 2.46. The molecule has 3 aliphatic heterocycles. The van der Waals surface area contributed by atoms with E-state index in [4.69, 9.17) is 39.1 Å². The summed E-state index contributed by atoms with van der Waals surface area (Å²) in [7, 11) is 0. The second-order valence-corrected chi connectivity index (χ2v) is 12.4. The van der Waals surface area contributed by atoms with Crippen molar-refractivity contribution in [2.24, 2.45) is 11.3 Å². The molecule has 5 heterocycles. The van der Waals surface area contributed by atoms with Gasteiger partial charge in [0.25, 0.3) is 0 Å². The Morgan fingerprint density at radius 2 is 1.79 bits per heavy atom. The van der Waals surface area contributed by atoms with Gasteiger partial charge in [0.15, 0.2) is 0 Å². The van der Waals surface area contributed by atoms with Crippen molar-refractivity contribution in [1.29, 1.82) is 5.41 Å². The molecule has 4 N–H and O–H groups in total. The summed E-state index contributed by atoms with van der Waals surface area (Å²) in [5.74, 6) is 1.99. The van der Waals surface area contributed by atoms with E-state index in [1.165, 1.54) is 12.4 Å². The Bertz CT molecular complexity index is 1440. The molecule has 0 saturated carbocycles. The molecule has 0 atom stereocenters. The van der Waals surface area contributed by atoms with Gasteiger partial charge >= 0.3 is 0 Å². The molecule has 2 aromatic heterocycles. The summed E-state index contributed by atoms with van der Waals surface area (Å²) >= 11 is 12.4. The lowest BCUT2D eigenvalue weighted by Gasteiger charge is -2.54. The molecule has 9 nitrogen and oxygen atoms in total. The van der Waals surface area contributed by atoms with Crippen molar-refractivity contribution in [3.63, 3.8) is 0 Å². The summed E-state index contributed by atoms with van der Waals surface area (Å²) in [5.41, 5.74) is 9.12. The Balaban J connectivity index is 1.04. The maximum absolute atomic E-state index is 12.9. The van der Waals surface area contributed by atoms with Gasteiger partial charge in [-0.2, -0.15) is 0 Å². The van der Waals surface area contributed by atoms with Gasteiger partial charge in [-0.3, -0.25) is 15.2 Å². The number of nitrogens with one attached hydrogen (secondary N) is 2. The van der Waals surface area contributed by atoms with Crippen LogP contribution in [0.1, 0.15) is 42.4 Å². The number of nitrogens with zero attached hydrogens (tertiary/aromatic N) is 4. The number of anilines is 2. The van der Waals surface area contributed by atoms with Gasteiger partial charge in [-0.25, -0.2) is 4.98 Å². The molecule has 3 aliphatic rings. The fourth-order valence-electron chi connectivity index (χ4n) is 6.22. The topological polar surface area (TPSA) is 120 Å². The Morgan fingerprint density at radius 1 is 1.07 bits per heavy atom. The molecule has 42 heavy (non-hydrogen) atoms. The van der Waals surface area contributed by atoms with Gasteiger partial charge in [-0.05, 0) is 69.1 Å². The number of carbonyl (C=O) groups excluding carboxylic acids is 1. The van der Waals surface area contributed by atoms with E-state index in [1.807, 2.05) is 12.1 Å². The second-order valence-electron chi connectivity index (χ2n) is 11.6. The zero-order chi connectivity index (χ0) is 29.3. The number of pyridine rings is 2. The van der Waals surface area contributed by atoms with Crippen LogP contribution >= 0.6 is 23.2 Å². The van der Waals surface area contributed by atoms with Crippen LogP contribution in [-0.2, 0) is 11.4 Å². The first-order chi connectivity index (χ1) is 20.3. The second kappa shape index (κ2) is 12.1. The van der Waals surface area contributed by atoms with Crippen LogP contribution in [0.4, 0.5) is 11.5 Å². The molecule has 3 aromatic rings. The van der Waals surface area contributed by atoms with Crippen LogP contribution in [0.2, 0.25) is 10.0 Å². The fraction of sp³-hybridized carbons (Fsp3) is 0.419. The van der Waals surface area contributed by atoms with E-state index in [0.717, 1.165) is 70.8 Å². The molecular formula is C31H35Cl2N7O2. The number of piperidine rings is 2. The summed E-state index contributed by atoms with van der Waals surface area (Å²) in [6.07, 6.45) is 8.77. The first-order valence-electron chi connectivity index (χ1n) is 14.4. The lowest BCUT2D eigenvalue weighted by Crippen LogP contribution is -2.61. The highest BCUT2D eigenvalue weighted by Crippen LogP contribution is 2.42. The number of likely N-dealkylation sites (tertiary alicyclic amines) is 1. The van der Waals surface area contributed by atoms with Crippen molar-refractivity contribution >= 4 is 46.3 Å². The average molecular weight is 609 g/mol. The summed E-state index contributed by atoms with van der Waals surface area (Å²) < 4.78 is 5.92. The predicted octanol–water partition coefficient (Wildman–Crippen LogP) is 4.79. The Labute approximate surface area is 255 Å². The number of amides is 1. The third-order valence-electron chi connectivity index (χ3n) is 8.87. The summed E-state index contributed by atoms with van der Waals surface area (Å²) in [5, 5.41) is 13.0. The highest BCUT2D eigenvalue weighted by atomic mass is 35.5. The van der Waals surface area contributed by atoms with Crippen LogP contribution in [-0.4, -0.2) is 65.8 Å². The van der Waals surface area contributed by atoms with Crippen LogP contribution in [0, 0.1) is 16.7 Å². The average Bonchev–Trinajstić information content (AvgIpc) is 3.00. The third kappa shape index (κ3) is 5.91. The molecule has 0 radical (unpaired) electrons. The number of carbonyl (C=O) groups is 1. The number of hydrogen-bond donors (Lipinski definition) is 3. The smallest absolute Gasteiger partial charge is 0.225 e. The molecule has 220 valence electrons. The lowest BCUT2D eigenvalue weighted by atomic mass is 9.71. The minimum absolute atomic E-state index is 0.164. The van der Waals surface area contributed by atoms with Crippen LogP contribution in [0.5, 0.6) is 5.75 Å². The van der Waals surface area contributed by atoms with E-state index < -0.39 is 0 Å². The summed E-state index contributed by atoms with van der Waals surface area (Å²) in [6, 6.07) is 9.11. The highest BCUT2D eigenvalue weighted by molar-refractivity contribution is 6.35. The SMILES string of the molecule is N=C(c1ccc(N2CC3(CCN(C(=O)C4CCNCC4)CC3)C2)nc1)c1cc(OCc2c(Cl)cncc2Cl)ccc1N. The first kappa shape index (κ1) is 28.7. The first-order valence-corrected chi connectivity index (χ1v) is 15.2. The number of nitrogen functional groups attached to an aromatic ring is 1. The molecule has 1 amide bonds. The van der Waals surface area contributed by atoms with Gasteiger partial charge in [-0.1, -0.05) is 23.2 Å². The molecule has 6 rings (SSSR count). The largest absolute Gasteiger partial charge is 0.489 e.